The van der Waals surface area contributed by atoms with Crippen molar-refractivity contribution in [3.05, 3.63) is 29.8 Å². The molecular formula is C11H12F3NOS. The highest BCUT2D eigenvalue weighted by molar-refractivity contribution is 8.00. The fourth-order valence-corrected chi connectivity index (χ4v) is 2.32. The van der Waals surface area contributed by atoms with E-state index in [9.17, 15) is 13.2 Å². The second-order valence-electron chi connectivity index (χ2n) is 3.70. The molecule has 1 saturated heterocycles. The molecule has 0 amide bonds. The predicted octanol–water partition coefficient (Wildman–Crippen LogP) is 2.96. The summed E-state index contributed by atoms with van der Waals surface area (Å²) in [6.45, 7) is 1.87. The van der Waals surface area contributed by atoms with Crippen LogP contribution in [0.1, 0.15) is 11.6 Å². The smallest absolute Gasteiger partial charge is 0.378 e. The molecule has 6 heteroatoms. The summed E-state index contributed by atoms with van der Waals surface area (Å²) >= 11 is -0.0897. The zero-order chi connectivity index (χ0) is 12.3. The third kappa shape index (κ3) is 3.90. The molecule has 1 unspecified atom stereocenters. The zero-order valence-corrected chi connectivity index (χ0v) is 9.77. The van der Waals surface area contributed by atoms with Gasteiger partial charge < -0.3 is 10.1 Å². The Kier molecular flexibility index (Phi) is 3.96. The summed E-state index contributed by atoms with van der Waals surface area (Å²) in [6, 6.07) is 6.46. The van der Waals surface area contributed by atoms with Crippen molar-refractivity contribution in [1.29, 1.82) is 0 Å². The number of benzene rings is 1. The quantitative estimate of drug-likeness (QED) is 0.829. The van der Waals surface area contributed by atoms with Gasteiger partial charge in [-0.3, -0.25) is 0 Å². The van der Waals surface area contributed by atoms with Gasteiger partial charge in [-0.05, 0) is 29.5 Å². The van der Waals surface area contributed by atoms with E-state index in [0.29, 0.717) is 13.2 Å². The van der Waals surface area contributed by atoms with Gasteiger partial charge in [0.05, 0.1) is 19.3 Å². The lowest BCUT2D eigenvalue weighted by atomic mass is 10.1. The summed E-state index contributed by atoms with van der Waals surface area (Å²) in [5, 5.41) is 3.21. The number of hydrogen-bond donors (Lipinski definition) is 1. The van der Waals surface area contributed by atoms with E-state index in [2.05, 4.69) is 5.32 Å². The number of alkyl halides is 3. The maximum absolute atomic E-state index is 12.2. The van der Waals surface area contributed by atoms with Crippen LogP contribution in [0.5, 0.6) is 0 Å². The lowest BCUT2D eigenvalue weighted by Crippen LogP contribution is -2.34. The van der Waals surface area contributed by atoms with Crippen LogP contribution in [-0.4, -0.2) is 25.3 Å². The number of hydrogen-bond acceptors (Lipinski definition) is 3. The minimum atomic E-state index is -4.24. The molecule has 17 heavy (non-hydrogen) atoms. The lowest BCUT2D eigenvalue weighted by molar-refractivity contribution is -0.0328. The molecule has 0 radical (unpaired) electrons. The molecule has 0 aromatic heterocycles. The second-order valence-corrected chi connectivity index (χ2v) is 4.84. The van der Waals surface area contributed by atoms with Crippen LogP contribution in [0.3, 0.4) is 0 Å². The van der Waals surface area contributed by atoms with Crippen molar-refractivity contribution in [3.63, 3.8) is 0 Å². The Morgan fingerprint density at radius 1 is 1.35 bits per heavy atom. The first-order valence-electron chi connectivity index (χ1n) is 5.21. The highest BCUT2D eigenvalue weighted by atomic mass is 32.2. The van der Waals surface area contributed by atoms with Crippen molar-refractivity contribution in [3.8, 4) is 0 Å². The first kappa shape index (κ1) is 12.7. The number of halogens is 3. The van der Waals surface area contributed by atoms with Crippen LogP contribution in [0.15, 0.2) is 29.2 Å². The normalized spacial score (nSPS) is 21.5. The Labute approximate surface area is 102 Å². The third-order valence-corrected chi connectivity index (χ3v) is 3.14. The van der Waals surface area contributed by atoms with Crippen molar-refractivity contribution in [2.24, 2.45) is 0 Å². The Bertz CT molecular complexity index is 377. The molecule has 1 aliphatic heterocycles. The lowest BCUT2D eigenvalue weighted by Gasteiger charge is -2.24. The van der Waals surface area contributed by atoms with E-state index in [1.54, 1.807) is 12.1 Å². The molecule has 1 N–H and O–H groups in total. The number of thioether (sulfide) groups is 1. The van der Waals surface area contributed by atoms with Gasteiger partial charge in [0.1, 0.15) is 0 Å². The molecule has 1 heterocycles. The van der Waals surface area contributed by atoms with Gasteiger partial charge in [-0.1, -0.05) is 12.1 Å². The fourth-order valence-electron chi connectivity index (χ4n) is 1.71. The monoisotopic (exact) mass is 263 g/mol. The molecule has 1 fully saturated rings. The largest absolute Gasteiger partial charge is 0.446 e. The van der Waals surface area contributed by atoms with Crippen LogP contribution in [0.4, 0.5) is 13.2 Å². The molecule has 2 rings (SSSR count). The van der Waals surface area contributed by atoms with E-state index in [-0.39, 0.29) is 22.7 Å². The Morgan fingerprint density at radius 3 is 2.82 bits per heavy atom. The highest BCUT2D eigenvalue weighted by Gasteiger charge is 2.29. The molecule has 2 nitrogen and oxygen atoms in total. The standard InChI is InChI=1S/C11H12F3NOS/c12-11(13,14)17-9-3-1-2-8(6-9)10-7-16-5-4-15-10/h1-3,6,10,15H,4-5,7H2. The predicted molar refractivity (Wildman–Crippen MR) is 59.9 cm³/mol. The van der Waals surface area contributed by atoms with E-state index < -0.39 is 5.51 Å². The minimum Gasteiger partial charge on any atom is -0.378 e. The summed E-state index contributed by atoms with van der Waals surface area (Å²) in [5.41, 5.74) is -3.41. The topological polar surface area (TPSA) is 21.3 Å². The van der Waals surface area contributed by atoms with E-state index >= 15 is 0 Å². The van der Waals surface area contributed by atoms with Gasteiger partial charge in [-0.25, -0.2) is 0 Å². The summed E-state index contributed by atoms with van der Waals surface area (Å²) in [5.74, 6) is 0. The van der Waals surface area contributed by atoms with Crippen molar-refractivity contribution < 1.29 is 17.9 Å². The van der Waals surface area contributed by atoms with E-state index in [1.165, 1.54) is 6.07 Å². The second kappa shape index (κ2) is 5.29. The van der Waals surface area contributed by atoms with E-state index in [0.717, 1.165) is 12.1 Å². The van der Waals surface area contributed by atoms with Crippen molar-refractivity contribution in [2.75, 3.05) is 19.8 Å². The van der Waals surface area contributed by atoms with Crippen molar-refractivity contribution in [2.45, 2.75) is 16.4 Å². The van der Waals surface area contributed by atoms with E-state index in [4.69, 9.17) is 4.74 Å². The van der Waals surface area contributed by atoms with Crippen LogP contribution >= 0.6 is 11.8 Å². The molecule has 0 aliphatic carbocycles. The zero-order valence-electron chi connectivity index (χ0n) is 8.96. The van der Waals surface area contributed by atoms with Gasteiger partial charge in [0, 0.05) is 11.4 Å². The summed E-state index contributed by atoms with van der Waals surface area (Å²) in [4.78, 5) is 0.211. The van der Waals surface area contributed by atoms with Gasteiger partial charge in [0.15, 0.2) is 0 Å². The molecular weight excluding hydrogens is 251 g/mol. The Morgan fingerprint density at radius 2 is 2.18 bits per heavy atom. The molecule has 94 valence electrons. The summed E-state index contributed by atoms with van der Waals surface area (Å²) in [6.07, 6.45) is 0. The van der Waals surface area contributed by atoms with Gasteiger partial charge in [0.25, 0.3) is 0 Å². The average Bonchev–Trinajstić information content (AvgIpc) is 2.28. The summed E-state index contributed by atoms with van der Waals surface area (Å²) < 4.78 is 42.0. The average molecular weight is 263 g/mol. The summed E-state index contributed by atoms with van der Waals surface area (Å²) in [7, 11) is 0. The molecule has 1 aromatic carbocycles. The maximum atomic E-state index is 12.2. The number of rotatable bonds is 2. The molecule has 1 aromatic rings. The van der Waals surface area contributed by atoms with Gasteiger partial charge in [-0.2, -0.15) is 13.2 Å². The van der Waals surface area contributed by atoms with Crippen LogP contribution < -0.4 is 5.32 Å². The van der Waals surface area contributed by atoms with Crippen molar-refractivity contribution in [1.82, 2.24) is 5.32 Å². The molecule has 0 bridgehead atoms. The first-order valence-corrected chi connectivity index (χ1v) is 6.03. The molecule has 1 atom stereocenters. The third-order valence-electron chi connectivity index (χ3n) is 2.42. The Balaban J connectivity index is 2.10. The first-order chi connectivity index (χ1) is 8.04. The van der Waals surface area contributed by atoms with Crippen LogP contribution in [-0.2, 0) is 4.74 Å². The van der Waals surface area contributed by atoms with E-state index in [1.807, 2.05) is 6.07 Å². The molecule has 0 saturated carbocycles. The van der Waals surface area contributed by atoms with Gasteiger partial charge >= 0.3 is 5.51 Å². The number of nitrogens with one attached hydrogen (secondary N) is 1. The van der Waals surface area contributed by atoms with Crippen LogP contribution in [0.2, 0.25) is 0 Å². The maximum Gasteiger partial charge on any atom is 0.446 e. The number of ether oxygens (including phenoxy) is 1. The Hall–Kier alpha value is -0.720. The van der Waals surface area contributed by atoms with Gasteiger partial charge in [-0.15, -0.1) is 0 Å². The SMILES string of the molecule is FC(F)(F)Sc1cccc(C2COCCN2)c1. The molecule has 0 spiro atoms. The molecule has 1 aliphatic rings. The number of morpholine rings is 1. The van der Waals surface area contributed by atoms with Crippen molar-refractivity contribution >= 4 is 11.8 Å². The van der Waals surface area contributed by atoms with Crippen LogP contribution in [0, 0.1) is 0 Å². The fraction of sp³-hybridized carbons (Fsp3) is 0.455. The highest BCUT2D eigenvalue weighted by Crippen LogP contribution is 2.37. The van der Waals surface area contributed by atoms with Crippen LogP contribution in [0.25, 0.3) is 0 Å². The van der Waals surface area contributed by atoms with Gasteiger partial charge in [0.2, 0.25) is 0 Å². The minimum absolute atomic E-state index is 0.0162.